The van der Waals surface area contributed by atoms with E-state index in [2.05, 4.69) is 0 Å². The first-order valence-electron chi connectivity index (χ1n) is 7.95. The summed E-state index contributed by atoms with van der Waals surface area (Å²) in [5.41, 5.74) is -0.455. The standard InChI is InChI=1S/C17H22F3NO3/c1-23-10-11-24-12-13-6-8-21(9-7-13)16(22)14-2-4-15(5-3-14)17(18,19)20/h2-5,13H,6-12H2,1H3. The van der Waals surface area contributed by atoms with Gasteiger partial charge in [0.2, 0.25) is 0 Å². The Labute approximate surface area is 139 Å². The Balaban J connectivity index is 1.82. The quantitative estimate of drug-likeness (QED) is 0.743. The Morgan fingerprint density at radius 3 is 2.33 bits per heavy atom. The number of halogens is 3. The van der Waals surface area contributed by atoms with Crippen molar-refractivity contribution < 1.29 is 27.4 Å². The molecular formula is C17H22F3NO3. The Morgan fingerprint density at radius 1 is 1.17 bits per heavy atom. The van der Waals surface area contributed by atoms with Crippen molar-refractivity contribution in [2.45, 2.75) is 19.0 Å². The number of hydrogen-bond acceptors (Lipinski definition) is 3. The molecule has 1 heterocycles. The number of alkyl halides is 3. The Kier molecular flexibility index (Phi) is 6.62. The zero-order chi connectivity index (χ0) is 17.6. The van der Waals surface area contributed by atoms with Gasteiger partial charge in [-0.25, -0.2) is 0 Å². The lowest BCUT2D eigenvalue weighted by molar-refractivity contribution is -0.137. The summed E-state index contributed by atoms with van der Waals surface area (Å²) in [5, 5.41) is 0. The van der Waals surface area contributed by atoms with Crippen LogP contribution in [0.25, 0.3) is 0 Å². The van der Waals surface area contributed by atoms with Crippen LogP contribution in [0.15, 0.2) is 24.3 Å². The smallest absolute Gasteiger partial charge is 0.382 e. The number of likely N-dealkylation sites (tertiary alicyclic amines) is 1. The van der Waals surface area contributed by atoms with Crippen LogP contribution in [0.4, 0.5) is 13.2 Å². The van der Waals surface area contributed by atoms with Crippen LogP contribution in [-0.4, -0.2) is 50.8 Å². The summed E-state index contributed by atoms with van der Waals surface area (Å²) >= 11 is 0. The van der Waals surface area contributed by atoms with Gasteiger partial charge in [-0.15, -0.1) is 0 Å². The zero-order valence-corrected chi connectivity index (χ0v) is 13.6. The number of hydrogen-bond donors (Lipinski definition) is 0. The summed E-state index contributed by atoms with van der Waals surface area (Å²) < 4.78 is 48.1. The van der Waals surface area contributed by atoms with Gasteiger partial charge >= 0.3 is 6.18 Å². The number of piperidine rings is 1. The number of carbonyl (C=O) groups excluding carboxylic acids is 1. The van der Waals surface area contributed by atoms with Gasteiger partial charge in [-0.05, 0) is 43.0 Å². The van der Waals surface area contributed by atoms with E-state index in [1.54, 1.807) is 12.0 Å². The first-order valence-corrected chi connectivity index (χ1v) is 7.95. The van der Waals surface area contributed by atoms with Crippen molar-refractivity contribution >= 4 is 5.91 Å². The van der Waals surface area contributed by atoms with Crippen molar-refractivity contribution in [3.63, 3.8) is 0 Å². The molecule has 0 N–H and O–H groups in total. The molecule has 1 aliphatic rings. The second-order valence-electron chi connectivity index (χ2n) is 5.88. The number of benzene rings is 1. The third kappa shape index (κ3) is 5.21. The molecule has 0 spiro atoms. The third-order valence-electron chi connectivity index (χ3n) is 4.15. The van der Waals surface area contributed by atoms with Gasteiger partial charge in [-0.3, -0.25) is 4.79 Å². The van der Waals surface area contributed by atoms with E-state index >= 15 is 0 Å². The lowest BCUT2D eigenvalue weighted by Gasteiger charge is -2.32. The van der Waals surface area contributed by atoms with Gasteiger partial charge in [0.15, 0.2) is 0 Å². The molecule has 7 heteroatoms. The fourth-order valence-electron chi connectivity index (χ4n) is 2.68. The summed E-state index contributed by atoms with van der Waals surface area (Å²) in [6.45, 7) is 2.95. The molecule has 0 unspecified atom stereocenters. The van der Waals surface area contributed by atoms with Crippen molar-refractivity contribution in [1.29, 1.82) is 0 Å². The number of rotatable bonds is 6. The summed E-state index contributed by atoms with van der Waals surface area (Å²) in [7, 11) is 1.62. The summed E-state index contributed by atoms with van der Waals surface area (Å²) in [4.78, 5) is 14.1. The van der Waals surface area contributed by atoms with Crippen LogP contribution in [0.2, 0.25) is 0 Å². The van der Waals surface area contributed by atoms with Crippen LogP contribution in [0, 0.1) is 5.92 Å². The van der Waals surface area contributed by atoms with E-state index in [-0.39, 0.29) is 11.5 Å². The minimum Gasteiger partial charge on any atom is -0.382 e. The van der Waals surface area contributed by atoms with E-state index in [4.69, 9.17) is 9.47 Å². The lowest BCUT2D eigenvalue weighted by atomic mass is 9.97. The number of ether oxygens (including phenoxy) is 2. The Bertz CT molecular complexity index is 523. The van der Waals surface area contributed by atoms with E-state index < -0.39 is 11.7 Å². The number of nitrogens with zero attached hydrogens (tertiary/aromatic N) is 1. The molecule has 0 saturated carbocycles. The van der Waals surface area contributed by atoms with Crippen LogP contribution >= 0.6 is 0 Å². The second-order valence-corrected chi connectivity index (χ2v) is 5.88. The third-order valence-corrected chi connectivity index (χ3v) is 4.15. The molecule has 1 aromatic carbocycles. The fraction of sp³-hybridized carbons (Fsp3) is 0.588. The number of carbonyl (C=O) groups is 1. The molecule has 0 atom stereocenters. The van der Waals surface area contributed by atoms with Crippen molar-refractivity contribution in [3.8, 4) is 0 Å². The van der Waals surface area contributed by atoms with Crippen LogP contribution in [0.5, 0.6) is 0 Å². The maximum atomic E-state index is 12.6. The topological polar surface area (TPSA) is 38.8 Å². The van der Waals surface area contributed by atoms with Gasteiger partial charge in [0, 0.05) is 32.4 Å². The average molecular weight is 345 g/mol. The maximum Gasteiger partial charge on any atom is 0.416 e. The molecular weight excluding hydrogens is 323 g/mol. The van der Waals surface area contributed by atoms with Crippen molar-refractivity contribution in [1.82, 2.24) is 4.90 Å². The molecule has 0 radical (unpaired) electrons. The Morgan fingerprint density at radius 2 is 1.79 bits per heavy atom. The van der Waals surface area contributed by atoms with Crippen molar-refractivity contribution in [2.24, 2.45) is 5.92 Å². The van der Waals surface area contributed by atoms with E-state index in [9.17, 15) is 18.0 Å². The fourth-order valence-corrected chi connectivity index (χ4v) is 2.68. The first-order chi connectivity index (χ1) is 11.4. The molecule has 24 heavy (non-hydrogen) atoms. The molecule has 0 bridgehead atoms. The highest BCUT2D eigenvalue weighted by Crippen LogP contribution is 2.29. The number of methoxy groups -OCH3 is 1. The van der Waals surface area contributed by atoms with Gasteiger partial charge in [0.05, 0.1) is 18.8 Å². The SMILES string of the molecule is COCCOCC1CCN(C(=O)c2ccc(C(F)(F)F)cc2)CC1. The molecule has 1 fully saturated rings. The highest BCUT2D eigenvalue weighted by atomic mass is 19.4. The van der Waals surface area contributed by atoms with Crippen LogP contribution in [0.3, 0.4) is 0 Å². The molecule has 0 aromatic heterocycles. The highest BCUT2D eigenvalue weighted by molar-refractivity contribution is 5.94. The average Bonchev–Trinajstić information content (AvgIpc) is 2.58. The van der Waals surface area contributed by atoms with Gasteiger partial charge in [-0.1, -0.05) is 0 Å². The van der Waals surface area contributed by atoms with Crippen LogP contribution in [-0.2, 0) is 15.7 Å². The predicted octanol–water partition coefficient (Wildman–Crippen LogP) is 3.22. The summed E-state index contributed by atoms with van der Waals surface area (Å²) in [6.07, 6.45) is -2.72. The first kappa shape index (κ1) is 18.7. The minimum atomic E-state index is -4.39. The highest BCUT2D eigenvalue weighted by Gasteiger charge is 2.30. The van der Waals surface area contributed by atoms with Crippen molar-refractivity contribution in [3.05, 3.63) is 35.4 Å². The normalized spacial score (nSPS) is 16.4. The molecule has 1 amide bonds. The van der Waals surface area contributed by atoms with Crippen LogP contribution in [0.1, 0.15) is 28.8 Å². The molecule has 134 valence electrons. The van der Waals surface area contributed by atoms with Crippen LogP contribution < -0.4 is 0 Å². The zero-order valence-electron chi connectivity index (χ0n) is 13.6. The lowest BCUT2D eigenvalue weighted by Crippen LogP contribution is -2.39. The molecule has 1 aromatic rings. The van der Waals surface area contributed by atoms with Crippen molar-refractivity contribution in [2.75, 3.05) is 40.0 Å². The van der Waals surface area contributed by atoms with E-state index in [1.165, 1.54) is 12.1 Å². The Hall–Kier alpha value is -1.60. The van der Waals surface area contributed by atoms with Gasteiger partial charge in [0.25, 0.3) is 5.91 Å². The van der Waals surface area contributed by atoms with E-state index in [0.717, 1.165) is 25.0 Å². The molecule has 1 saturated heterocycles. The van der Waals surface area contributed by atoms with E-state index in [0.29, 0.717) is 38.8 Å². The van der Waals surface area contributed by atoms with E-state index in [1.807, 2.05) is 0 Å². The van der Waals surface area contributed by atoms with Gasteiger partial charge < -0.3 is 14.4 Å². The summed E-state index contributed by atoms with van der Waals surface area (Å²) in [5.74, 6) is 0.181. The van der Waals surface area contributed by atoms with Gasteiger partial charge in [-0.2, -0.15) is 13.2 Å². The number of amides is 1. The summed E-state index contributed by atoms with van der Waals surface area (Å²) in [6, 6.07) is 4.38. The maximum absolute atomic E-state index is 12.6. The predicted molar refractivity (Wildman–Crippen MR) is 82.8 cm³/mol. The largest absolute Gasteiger partial charge is 0.416 e. The molecule has 4 nitrogen and oxygen atoms in total. The molecule has 2 rings (SSSR count). The molecule has 0 aliphatic carbocycles. The minimum absolute atomic E-state index is 0.220. The monoisotopic (exact) mass is 345 g/mol. The second kappa shape index (κ2) is 8.48. The molecule has 1 aliphatic heterocycles. The van der Waals surface area contributed by atoms with Gasteiger partial charge in [0.1, 0.15) is 0 Å².